The van der Waals surface area contributed by atoms with E-state index in [-0.39, 0.29) is 39.1 Å². The van der Waals surface area contributed by atoms with Gasteiger partial charge in [0.1, 0.15) is 18.3 Å². The lowest BCUT2D eigenvalue weighted by molar-refractivity contribution is -0.140. The molecule has 1 fully saturated rings. The topological polar surface area (TPSA) is 96.0 Å². The van der Waals surface area contributed by atoms with Gasteiger partial charge in [0.2, 0.25) is 11.8 Å². The first-order valence-corrected chi connectivity index (χ1v) is 16.6. The van der Waals surface area contributed by atoms with Gasteiger partial charge in [-0.25, -0.2) is 8.42 Å². The fraction of sp³-hybridized carbons (Fsp3) is 0.375. The summed E-state index contributed by atoms with van der Waals surface area (Å²) in [5.41, 5.74) is 0.913. The fourth-order valence-corrected chi connectivity index (χ4v) is 7.04. The summed E-state index contributed by atoms with van der Waals surface area (Å²) in [5.74, 6) is -0.189. The van der Waals surface area contributed by atoms with Gasteiger partial charge in [-0.3, -0.25) is 13.9 Å². The number of nitrogens with one attached hydrogen (secondary N) is 1. The molecular formula is C32H37Cl2N3O5S. The van der Waals surface area contributed by atoms with Crippen LogP contribution in [0.3, 0.4) is 0 Å². The number of carbonyl (C=O) groups excluding carboxylic acids is 2. The minimum Gasteiger partial charge on any atom is -0.497 e. The first kappa shape index (κ1) is 32.6. The predicted molar refractivity (Wildman–Crippen MR) is 170 cm³/mol. The Morgan fingerprint density at radius 1 is 0.953 bits per heavy atom. The van der Waals surface area contributed by atoms with Crippen LogP contribution in [0.1, 0.15) is 51.0 Å². The van der Waals surface area contributed by atoms with Crippen molar-refractivity contribution < 1.29 is 22.7 Å². The molecule has 1 saturated carbocycles. The summed E-state index contributed by atoms with van der Waals surface area (Å²) in [6.07, 6.45) is 5.37. The highest BCUT2D eigenvalue weighted by atomic mass is 35.5. The number of sulfonamides is 1. The van der Waals surface area contributed by atoms with E-state index in [1.165, 1.54) is 35.2 Å². The van der Waals surface area contributed by atoms with E-state index in [1.807, 2.05) is 19.1 Å². The molecule has 0 bridgehead atoms. The number of rotatable bonds is 12. The number of ether oxygens (including phenoxy) is 1. The second kappa shape index (κ2) is 14.9. The van der Waals surface area contributed by atoms with E-state index in [9.17, 15) is 18.0 Å². The minimum atomic E-state index is -4.21. The molecule has 4 rings (SSSR count). The van der Waals surface area contributed by atoms with Crippen molar-refractivity contribution in [3.05, 3.63) is 88.4 Å². The summed E-state index contributed by atoms with van der Waals surface area (Å²) in [4.78, 5) is 29.4. The molecule has 0 radical (unpaired) electrons. The second-order valence-electron chi connectivity index (χ2n) is 10.6. The Morgan fingerprint density at radius 3 is 2.33 bits per heavy atom. The number of halogens is 2. The van der Waals surface area contributed by atoms with Crippen molar-refractivity contribution in [3.63, 3.8) is 0 Å². The summed E-state index contributed by atoms with van der Waals surface area (Å²) in [6, 6.07) is 18.7. The smallest absolute Gasteiger partial charge is 0.264 e. The lowest BCUT2D eigenvalue weighted by atomic mass is 9.95. The Balaban J connectivity index is 1.72. The second-order valence-corrected chi connectivity index (χ2v) is 13.2. The fourth-order valence-electron chi connectivity index (χ4n) is 5.32. The van der Waals surface area contributed by atoms with E-state index in [0.29, 0.717) is 12.2 Å². The van der Waals surface area contributed by atoms with Crippen molar-refractivity contribution in [1.29, 1.82) is 0 Å². The van der Waals surface area contributed by atoms with Crippen LogP contribution in [0.2, 0.25) is 10.0 Å². The number of amides is 2. The number of carbonyl (C=O) groups is 2. The monoisotopic (exact) mass is 645 g/mol. The zero-order chi connectivity index (χ0) is 31.0. The largest absolute Gasteiger partial charge is 0.497 e. The van der Waals surface area contributed by atoms with Gasteiger partial charge in [0.25, 0.3) is 10.0 Å². The van der Waals surface area contributed by atoms with Crippen LogP contribution < -0.4 is 14.4 Å². The van der Waals surface area contributed by atoms with Crippen LogP contribution in [-0.4, -0.2) is 50.9 Å². The summed E-state index contributed by atoms with van der Waals surface area (Å²) >= 11 is 12.4. The molecule has 0 spiro atoms. The first-order chi connectivity index (χ1) is 20.6. The maximum absolute atomic E-state index is 14.3. The number of anilines is 1. The maximum Gasteiger partial charge on any atom is 0.264 e. The van der Waals surface area contributed by atoms with Gasteiger partial charge in [-0.05, 0) is 67.3 Å². The van der Waals surface area contributed by atoms with Crippen LogP contribution in [0.4, 0.5) is 5.69 Å². The summed E-state index contributed by atoms with van der Waals surface area (Å²) in [5, 5.41) is 3.54. The average Bonchev–Trinajstić information content (AvgIpc) is 3.02. The molecule has 3 aromatic rings. The molecule has 1 aliphatic carbocycles. The zero-order valence-electron chi connectivity index (χ0n) is 24.3. The molecule has 1 N–H and O–H groups in total. The van der Waals surface area contributed by atoms with E-state index in [2.05, 4.69) is 5.32 Å². The number of benzene rings is 3. The third kappa shape index (κ3) is 8.22. The third-order valence-electron chi connectivity index (χ3n) is 7.63. The molecule has 11 heteroatoms. The molecule has 0 aliphatic heterocycles. The highest BCUT2D eigenvalue weighted by Crippen LogP contribution is 2.31. The van der Waals surface area contributed by atoms with Gasteiger partial charge in [-0.1, -0.05) is 79.7 Å². The molecular weight excluding hydrogens is 609 g/mol. The zero-order valence-corrected chi connectivity index (χ0v) is 26.7. The highest BCUT2D eigenvalue weighted by Gasteiger charge is 2.34. The standard InChI is InChI=1S/C32H37Cl2N3O5S/c1-3-30(32(39)35-24-12-6-4-7-13-24)36(21-23-11-10-14-26(19-23)42-2)31(38)22-37(25-17-18-28(33)29(34)20-25)43(40,41)27-15-8-5-9-16-27/h5,8-11,14-20,24,30H,3-4,6-7,12-13,21-22H2,1-2H3,(H,35,39)/t30-/m1/s1. The molecule has 230 valence electrons. The highest BCUT2D eigenvalue weighted by molar-refractivity contribution is 7.92. The van der Waals surface area contributed by atoms with Gasteiger partial charge in [-0.2, -0.15) is 0 Å². The van der Waals surface area contributed by atoms with Crippen molar-refractivity contribution in [2.45, 2.75) is 69.0 Å². The van der Waals surface area contributed by atoms with Crippen LogP contribution in [0.25, 0.3) is 0 Å². The summed E-state index contributed by atoms with van der Waals surface area (Å²) in [6.45, 7) is 1.36. The van der Waals surface area contributed by atoms with Crippen LogP contribution >= 0.6 is 23.2 Å². The SMILES string of the molecule is CC[C@H](C(=O)NC1CCCCC1)N(Cc1cccc(OC)c1)C(=O)CN(c1ccc(Cl)c(Cl)c1)S(=O)(=O)c1ccccc1. The predicted octanol–water partition coefficient (Wildman–Crippen LogP) is 6.45. The molecule has 3 aromatic carbocycles. The first-order valence-electron chi connectivity index (χ1n) is 14.4. The van der Waals surface area contributed by atoms with E-state index in [0.717, 1.165) is 42.0 Å². The van der Waals surface area contributed by atoms with Gasteiger partial charge in [0, 0.05) is 12.6 Å². The molecule has 0 aromatic heterocycles. The van der Waals surface area contributed by atoms with Crippen LogP contribution in [0.15, 0.2) is 77.7 Å². The Labute approximate surface area is 264 Å². The molecule has 43 heavy (non-hydrogen) atoms. The molecule has 1 aliphatic rings. The minimum absolute atomic E-state index is 0.00954. The normalized spacial score (nSPS) is 14.5. The van der Waals surface area contributed by atoms with E-state index < -0.39 is 28.5 Å². The van der Waals surface area contributed by atoms with E-state index in [4.69, 9.17) is 27.9 Å². The van der Waals surface area contributed by atoms with Gasteiger partial charge < -0.3 is 15.0 Å². The summed E-state index contributed by atoms with van der Waals surface area (Å²) in [7, 11) is -2.65. The Hall–Kier alpha value is -3.27. The van der Waals surface area contributed by atoms with Gasteiger partial charge >= 0.3 is 0 Å². The molecule has 2 amide bonds. The number of hydrogen-bond donors (Lipinski definition) is 1. The van der Waals surface area contributed by atoms with Crippen molar-refractivity contribution in [1.82, 2.24) is 10.2 Å². The molecule has 8 nitrogen and oxygen atoms in total. The van der Waals surface area contributed by atoms with Crippen LogP contribution in [0, 0.1) is 0 Å². The molecule has 0 saturated heterocycles. The van der Waals surface area contributed by atoms with Gasteiger partial charge in [-0.15, -0.1) is 0 Å². The Bertz CT molecular complexity index is 1510. The molecule has 0 unspecified atom stereocenters. The van der Waals surface area contributed by atoms with E-state index >= 15 is 0 Å². The van der Waals surface area contributed by atoms with Crippen molar-refractivity contribution >= 4 is 50.7 Å². The lowest BCUT2D eigenvalue weighted by Crippen LogP contribution is -2.54. The Kier molecular flexibility index (Phi) is 11.3. The maximum atomic E-state index is 14.3. The van der Waals surface area contributed by atoms with Crippen molar-refractivity contribution in [2.75, 3.05) is 18.0 Å². The van der Waals surface area contributed by atoms with E-state index in [1.54, 1.807) is 37.4 Å². The van der Waals surface area contributed by atoms with Crippen molar-refractivity contribution in [3.8, 4) is 5.75 Å². The summed E-state index contributed by atoms with van der Waals surface area (Å²) < 4.78 is 34.3. The Morgan fingerprint density at radius 2 is 1.67 bits per heavy atom. The van der Waals surface area contributed by atoms with Crippen molar-refractivity contribution in [2.24, 2.45) is 0 Å². The average molecular weight is 647 g/mol. The third-order valence-corrected chi connectivity index (χ3v) is 10.2. The van der Waals surface area contributed by atoms with Crippen LogP contribution in [0.5, 0.6) is 5.75 Å². The van der Waals surface area contributed by atoms with Crippen LogP contribution in [-0.2, 0) is 26.2 Å². The quantitative estimate of drug-likeness (QED) is 0.244. The number of hydrogen-bond acceptors (Lipinski definition) is 5. The number of methoxy groups -OCH3 is 1. The molecule has 1 atom stereocenters. The molecule has 0 heterocycles. The number of nitrogens with zero attached hydrogens (tertiary/aromatic N) is 2. The lowest BCUT2D eigenvalue weighted by Gasteiger charge is -2.34. The van der Waals surface area contributed by atoms with Gasteiger partial charge in [0.15, 0.2) is 0 Å². The van der Waals surface area contributed by atoms with Gasteiger partial charge in [0.05, 0.1) is 27.7 Å².